The minimum Gasteiger partial charge on any atom is -0.493 e. The van der Waals surface area contributed by atoms with E-state index in [9.17, 15) is 4.79 Å². The lowest BCUT2D eigenvalue weighted by Gasteiger charge is -2.12. The Morgan fingerprint density at radius 2 is 1.90 bits per heavy atom. The number of thiocarbonyl (C=S) groups is 1. The summed E-state index contributed by atoms with van der Waals surface area (Å²) in [6.07, 6.45) is 0. The van der Waals surface area contributed by atoms with Crippen molar-refractivity contribution in [2.75, 3.05) is 20.8 Å². The van der Waals surface area contributed by atoms with E-state index in [0.29, 0.717) is 34.6 Å². The highest BCUT2D eigenvalue weighted by Crippen LogP contribution is 2.27. The average Bonchev–Trinajstić information content (AvgIpc) is 2.44. The summed E-state index contributed by atoms with van der Waals surface area (Å²) in [5.41, 5.74) is 0.455. The Morgan fingerprint density at radius 3 is 2.45 bits per heavy atom. The Labute approximate surface area is 124 Å². The van der Waals surface area contributed by atoms with Gasteiger partial charge in [0.1, 0.15) is 0 Å². The van der Waals surface area contributed by atoms with Gasteiger partial charge in [-0.15, -0.1) is 0 Å². The Bertz CT molecular complexity index is 489. The molecule has 0 atom stereocenters. The maximum Gasteiger partial charge on any atom is 0.257 e. The van der Waals surface area contributed by atoms with Gasteiger partial charge in [-0.3, -0.25) is 10.1 Å². The van der Waals surface area contributed by atoms with E-state index in [1.165, 1.54) is 7.11 Å². The van der Waals surface area contributed by atoms with Crippen molar-refractivity contribution >= 4 is 23.2 Å². The van der Waals surface area contributed by atoms with E-state index in [2.05, 4.69) is 24.5 Å². The number of carbonyl (C=O) groups excluding carboxylic acids is 1. The lowest BCUT2D eigenvalue weighted by Crippen LogP contribution is -2.40. The summed E-state index contributed by atoms with van der Waals surface area (Å²) in [5.74, 6) is 1.24. The fraction of sp³-hybridized carbons (Fsp3) is 0.429. The highest BCUT2D eigenvalue weighted by molar-refractivity contribution is 7.80. The highest BCUT2D eigenvalue weighted by Gasteiger charge is 2.11. The van der Waals surface area contributed by atoms with Crippen LogP contribution in [0.5, 0.6) is 11.5 Å². The van der Waals surface area contributed by atoms with E-state index in [4.69, 9.17) is 21.7 Å². The van der Waals surface area contributed by atoms with Gasteiger partial charge in [0.15, 0.2) is 16.6 Å². The van der Waals surface area contributed by atoms with Crippen LogP contribution >= 0.6 is 12.2 Å². The first-order valence-electron chi connectivity index (χ1n) is 6.29. The van der Waals surface area contributed by atoms with Crippen molar-refractivity contribution in [3.63, 3.8) is 0 Å². The molecule has 1 amide bonds. The van der Waals surface area contributed by atoms with Crippen LogP contribution in [-0.4, -0.2) is 31.8 Å². The molecule has 0 aromatic heterocycles. The van der Waals surface area contributed by atoms with Crippen LogP contribution in [0.3, 0.4) is 0 Å². The molecular weight excluding hydrogens is 276 g/mol. The van der Waals surface area contributed by atoms with Crippen LogP contribution in [0.15, 0.2) is 18.2 Å². The number of hydrogen-bond acceptors (Lipinski definition) is 4. The number of amides is 1. The molecule has 0 radical (unpaired) electrons. The van der Waals surface area contributed by atoms with E-state index in [1.54, 1.807) is 25.3 Å². The van der Waals surface area contributed by atoms with E-state index >= 15 is 0 Å². The molecule has 0 fully saturated rings. The van der Waals surface area contributed by atoms with Crippen LogP contribution in [0.2, 0.25) is 0 Å². The number of ether oxygens (including phenoxy) is 2. The molecule has 1 aromatic carbocycles. The zero-order valence-corrected chi connectivity index (χ0v) is 13.0. The Morgan fingerprint density at radius 1 is 1.25 bits per heavy atom. The molecule has 0 bridgehead atoms. The van der Waals surface area contributed by atoms with Crippen molar-refractivity contribution in [1.29, 1.82) is 0 Å². The molecule has 0 saturated heterocycles. The number of hydrogen-bond donors (Lipinski definition) is 2. The van der Waals surface area contributed by atoms with E-state index in [1.807, 2.05) is 0 Å². The molecule has 1 aromatic rings. The molecule has 20 heavy (non-hydrogen) atoms. The smallest absolute Gasteiger partial charge is 0.257 e. The second-order valence-corrected chi connectivity index (χ2v) is 5.04. The lowest BCUT2D eigenvalue weighted by atomic mass is 10.2. The normalized spacial score (nSPS) is 10.1. The molecule has 0 aliphatic heterocycles. The molecule has 110 valence electrons. The SMILES string of the molecule is COc1ccc(C(=O)NC(=S)NCC(C)C)cc1OC. The Balaban J connectivity index is 2.70. The fourth-order valence-corrected chi connectivity index (χ4v) is 1.67. The van der Waals surface area contributed by atoms with Gasteiger partial charge in [-0.05, 0) is 36.3 Å². The van der Waals surface area contributed by atoms with E-state index < -0.39 is 0 Å². The van der Waals surface area contributed by atoms with Gasteiger partial charge in [-0.25, -0.2) is 0 Å². The highest BCUT2D eigenvalue weighted by atomic mass is 32.1. The first-order valence-corrected chi connectivity index (χ1v) is 6.70. The molecule has 0 unspecified atom stereocenters. The predicted molar refractivity (Wildman–Crippen MR) is 82.5 cm³/mol. The van der Waals surface area contributed by atoms with Gasteiger partial charge >= 0.3 is 0 Å². The molecule has 6 heteroatoms. The number of benzene rings is 1. The fourth-order valence-electron chi connectivity index (χ4n) is 1.49. The number of carbonyl (C=O) groups is 1. The maximum absolute atomic E-state index is 12.0. The minimum atomic E-state index is -0.285. The summed E-state index contributed by atoms with van der Waals surface area (Å²) < 4.78 is 10.3. The average molecular weight is 296 g/mol. The molecule has 0 aliphatic rings. The van der Waals surface area contributed by atoms with Gasteiger partial charge in [-0.1, -0.05) is 13.8 Å². The molecule has 0 spiro atoms. The minimum absolute atomic E-state index is 0.285. The molecular formula is C14H20N2O3S. The Hall–Kier alpha value is -1.82. The molecule has 0 aliphatic carbocycles. The van der Waals surface area contributed by atoms with Gasteiger partial charge < -0.3 is 14.8 Å². The summed E-state index contributed by atoms with van der Waals surface area (Å²) in [4.78, 5) is 12.0. The molecule has 5 nitrogen and oxygen atoms in total. The monoisotopic (exact) mass is 296 g/mol. The summed E-state index contributed by atoms with van der Waals surface area (Å²) in [5, 5.41) is 5.92. The first-order chi connectivity index (χ1) is 9.47. The van der Waals surface area contributed by atoms with Gasteiger partial charge in [-0.2, -0.15) is 0 Å². The van der Waals surface area contributed by atoms with Gasteiger partial charge in [0.2, 0.25) is 0 Å². The number of rotatable bonds is 5. The van der Waals surface area contributed by atoms with E-state index in [0.717, 1.165) is 0 Å². The van der Waals surface area contributed by atoms with Gasteiger partial charge in [0, 0.05) is 12.1 Å². The van der Waals surface area contributed by atoms with Crippen LogP contribution in [0, 0.1) is 5.92 Å². The summed E-state index contributed by atoms with van der Waals surface area (Å²) in [6, 6.07) is 4.94. The number of nitrogens with one attached hydrogen (secondary N) is 2. The zero-order chi connectivity index (χ0) is 15.1. The topological polar surface area (TPSA) is 59.6 Å². The van der Waals surface area contributed by atoms with Crippen LogP contribution in [-0.2, 0) is 0 Å². The van der Waals surface area contributed by atoms with E-state index in [-0.39, 0.29) is 5.91 Å². The predicted octanol–water partition coefficient (Wildman–Crippen LogP) is 1.96. The molecule has 1 rings (SSSR count). The third-order valence-corrected chi connectivity index (χ3v) is 2.79. The largest absolute Gasteiger partial charge is 0.493 e. The third-order valence-electron chi connectivity index (χ3n) is 2.54. The molecule has 0 heterocycles. The summed E-state index contributed by atoms with van der Waals surface area (Å²) >= 11 is 5.06. The van der Waals surface area contributed by atoms with Crippen molar-refractivity contribution in [2.45, 2.75) is 13.8 Å². The summed E-state index contributed by atoms with van der Waals surface area (Å²) in [7, 11) is 3.07. The van der Waals surface area contributed by atoms with Crippen LogP contribution < -0.4 is 20.1 Å². The summed E-state index contributed by atoms with van der Waals surface area (Å²) in [6.45, 7) is 4.84. The quantitative estimate of drug-likeness (QED) is 0.814. The second-order valence-electron chi connectivity index (χ2n) is 4.63. The Kier molecular flexibility index (Phi) is 6.24. The van der Waals surface area contributed by atoms with Crippen molar-refractivity contribution in [1.82, 2.24) is 10.6 Å². The lowest BCUT2D eigenvalue weighted by molar-refractivity contribution is 0.0976. The van der Waals surface area contributed by atoms with Gasteiger partial charge in [0.05, 0.1) is 14.2 Å². The van der Waals surface area contributed by atoms with Crippen molar-refractivity contribution in [3.05, 3.63) is 23.8 Å². The van der Waals surface area contributed by atoms with Crippen molar-refractivity contribution in [3.8, 4) is 11.5 Å². The number of methoxy groups -OCH3 is 2. The first kappa shape index (κ1) is 16.2. The molecule has 0 saturated carbocycles. The van der Waals surface area contributed by atoms with Crippen molar-refractivity contribution < 1.29 is 14.3 Å². The van der Waals surface area contributed by atoms with Crippen LogP contribution in [0.25, 0.3) is 0 Å². The standard InChI is InChI=1S/C14H20N2O3S/c1-9(2)8-15-14(20)16-13(17)10-5-6-11(18-3)12(7-10)19-4/h5-7,9H,8H2,1-4H3,(H2,15,16,17,20). The van der Waals surface area contributed by atoms with Crippen LogP contribution in [0.1, 0.15) is 24.2 Å². The van der Waals surface area contributed by atoms with Gasteiger partial charge in [0.25, 0.3) is 5.91 Å². The zero-order valence-electron chi connectivity index (χ0n) is 12.1. The maximum atomic E-state index is 12.0. The molecule has 2 N–H and O–H groups in total. The van der Waals surface area contributed by atoms with Crippen LogP contribution in [0.4, 0.5) is 0 Å². The third kappa shape index (κ3) is 4.70. The second kappa shape index (κ2) is 7.69. The van der Waals surface area contributed by atoms with Crippen molar-refractivity contribution in [2.24, 2.45) is 5.92 Å².